The highest BCUT2D eigenvalue weighted by molar-refractivity contribution is 6.10. The highest BCUT2D eigenvalue weighted by Crippen LogP contribution is 2.49. The van der Waals surface area contributed by atoms with Crippen LogP contribution in [-0.4, -0.2) is 41.1 Å². The predicted molar refractivity (Wildman–Crippen MR) is 91.8 cm³/mol. The summed E-state index contributed by atoms with van der Waals surface area (Å²) in [6.45, 7) is 3.82. The molecule has 0 N–H and O–H groups in total. The third kappa shape index (κ3) is 4.11. The van der Waals surface area contributed by atoms with Crippen LogP contribution in [0.3, 0.4) is 0 Å². The molecule has 0 bridgehead atoms. The summed E-state index contributed by atoms with van der Waals surface area (Å²) in [4.78, 5) is 7.74. The number of unbranched alkanes of at least 4 members (excludes halogenated alkanes) is 1. The quantitative estimate of drug-likeness (QED) is 0.581. The Morgan fingerprint density at radius 2 is 1.48 bits per heavy atom. The lowest BCUT2D eigenvalue weighted by atomic mass is 10.1. The van der Waals surface area contributed by atoms with E-state index in [-0.39, 0.29) is 30.2 Å². The van der Waals surface area contributed by atoms with E-state index in [4.69, 9.17) is 0 Å². The van der Waals surface area contributed by atoms with Crippen molar-refractivity contribution >= 4 is 11.7 Å². The molecule has 1 aromatic rings. The fraction of sp³-hybridized carbons (Fsp3) is 0.556. The van der Waals surface area contributed by atoms with Crippen LogP contribution in [0, 0.1) is 0 Å². The summed E-state index contributed by atoms with van der Waals surface area (Å²) in [6.07, 6.45) is -9.85. The molecule has 1 aromatic carbocycles. The molecule has 1 heterocycles. The van der Waals surface area contributed by atoms with Gasteiger partial charge in [0.15, 0.2) is 0 Å². The maximum atomic E-state index is 13.6. The first-order valence-corrected chi connectivity index (χ1v) is 8.72. The zero-order valence-electron chi connectivity index (χ0n) is 15.0. The third-order valence-corrected chi connectivity index (χ3v) is 4.15. The molecule has 0 fully saturated rings. The fourth-order valence-corrected chi connectivity index (χ4v) is 2.81. The Hall–Kier alpha value is -2.06. The maximum Gasteiger partial charge on any atom is 0.443 e. The predicted octanol–water partition coefficient (Wildman–Crippen LogP) is 5.57. The first-order valence-electron chi connectivity index (χ1n) is 8.72. The number of alkyl halides is 6. The first-order chi connectivity index (χ1) is 12.6. The molecule has 27 heavy (non-hydrogen) atoms. The van der Waals surface area contributed by atoms with Crippen molar-refractivity contribution < 1.29 is 26.3 Å². The second-order valence-electron chi connectivity index (χ2n) is 6.25. The van der Waals surface area contributed by atoms with Gasteiger partial charge in [0, 0.05) is 18.5 Å². The van der Waals surface area contributed by atoms with Gasteiger partial charge in [-0.2, -0.15) is 26.3 Å². The summed E-state index contributed by atoms with van der Waals surface area (Å²) in [5.74, 6) is -0.588. The summed E-state index contributed by atoms with van der Waals surface area (Å²) < 4.78 is 81.8. The Bertz CT molecular complexity index is 677. The van der Waals surface area contributed by atoms with Gasteiger partial charge in [0.2, 0.25) is 0 Å². The number of nitrogens with zero attached hydrogens (tertiary/aromatic N) is 3. The average molecular weight is 393 g/mol. The van der Waals surface area contributed by atoms with Crippen molar-refractivity contribution in [2.24, 2.45) is 9.98 Å². The Labute approximate surface area is 153 Å². The van der Waals surface area contributed by atoms with Crippen LogP contribution in [0.15, 0.2) is 40.3 Å². The van der Waals surface area contributed by atoms with Crippen molar-refractivity contribution in [1.82, 2.24) is 4.90 Å². The van der Waals surface area contributed by atoms with Crippen LogP contribution in [0.25, 0.3) is 0 Å². The molecule has 0 saturated carbocycles. The standard InChI is InChI=1S/C18H21F6N3/c1-3-5-11-14-25-16(17(19,20)21,18(22,23)24)26-15(27(14)12-4-2)13-9-7-6-8-10-13/h6-10H,3-5,11-12H2,1-2H3. The lowest BCUT2D eigenvalue weighted by Gasteiger charge is -2.39. The first kappa shape index (κ1) is 21.2. The van der Waals surface area contributed by atoms with Gasteiger partial charge in [0.05, 0.1) is 0 Å². The highest BCUT2D eigenvalue weighted by Gasteiger charge is 2.73. The number of halogens is 6. The molecule has 3 nitrogen and oxygen atoms in total. The number of aliphatic imine (C=N–C) groups is 2. The minimum atomic E-state index is -5.71. The Morgan fingerprint density at radius 3 is 1.96 bits per heavy atom. The molecule has 0 atom stereocenters. The van der Waals surface area contributed by atoms with Gasteiger partial charge < -0.3 is 4.90 Å². The molecule has 2 rings (SSSR count). The van der Waals surface area contributed by atoms with E-state index < -0.39 is 18.0 Å². The number of rotatable bonds is 6. The van der Waals surface area contributed by atoms with Gasteiger partial charge in [-0.15, -0.1) is 0 Å². The van der Waals surface area contributed by atoms with Crippen molar-refractivity contribution in [2.75, 3.05) is 6.54 Å². The molecule has 0 saturated heterocycles. The van der Waals surface area contributed by atoms with Gasteiger partial charge >= 0.3 is 18.0 Å². The van der Waals surface area contributed by atoms with Crippen LogP contribution in [0.5, 0.6) is 0 Å². The molecule has 0 aliphatic carbocycles. The van der Waals surface area contributed by atoms with Gasteiger partial charge in [0.25, 0.3) is 0 Å². The molecule has 150 valence electrons. The van der Waals surface area contributed by atoms with Gasteiger partial charge in [-0.25, -0.2) is 9.98 Å². The largest absolute Gasteiger partial charge is 0.443 e. The van der Waals surface area contributed by atoms with Crippen LogP contribution < -0.4 is 0 Å². The van der Waals surface area contributed by atoms with E-state index in [1.54, 1.807) is 32.0 Å². The molecule has 0 amide bonds. The van der Waals surface area contributed by atoms with Crippen molar-refractivity contribution in [3.05, 3.63) is 35.9 Å². The van der Waals surface area contributed by atoms with E-state index >= 15 is 0 Å². The van der Waals surface area contributed by atoms with Crippen molar-refractivity contribution in [3.8, 4) is 0 Å². The SMILES string of the molecule is CCCCC1=NC(C(F)(F)F)(C(F)(F)F)N=C(c2ccccc2)N1CCC. The molecule has 0 spiro atoms. The molecule has 0 unspecified atom stereocenters. The summed E-state index contributed by atoms with van der Waals surface area (Å²) in [6, 6.07) is 7.61. The van der Waals surface area contributed by atoms with Crippen molar-refractivity contribution in [2.45, 2.75) is 57.5 Å². The molecule has 0 radical (unpaired) electrons. The van der Waals surface area contributed by atoms with E-state index in [1.807, 2.05) is 0 Å². The zero-order chi connectivity index (χ0) is 20.3. The summed E-state index contributed by atoms with van der Waals surface area (Å²) >= 11 is 0. The van der Waals surface area contributed by atoms with E-state index in [1.165, 1.54) is 17.0 Å². The zero-order valence-corrected chi connectivity index (χ0v) is 15.0. The van der Waals surface area contributed by atoms with E-state index in [9.17, 15) is 26.3 Å². The van der Waals surface area contributed by atoms with Crippen LogP contribution in [0.4, 0.5) is 26.3 Å². The smallest absolute Gasteiger partial charge is 0.314 e. The second kappa shape index (κ2) is 7.90. The minimum absolute atomic E-state index is 0.0102. The highest BCUT2D eigenvalue weighted by atomic mass is 19.4. The molecule has 9 heteroatoms. The number of benzene rings is 1. The molecular weight excluding hydrogens is 372 g/mol. The van der Waals surface area contributed by atoms with Gasteiger partial charge in [-0.3, -0.25) is 0 Å². The number of amidine groups is 2. The normalized spacial score (nSPS) is 17.6. The van der Waals surface area contributed by atoms with Gasteiger partial charge in [-0.1, -0.05) is 50.6 Å². The van der Waals surface area contributed by atoms with E-state index in [0.29, 0.717) is 19.3 Å². The van der Waals surface area contributed by atoms with Crippen LogP contribution in [0.1, 0.15) is 45.1 Å². The Kier molecular flexibility index (Phi) is 6.21. The Balaban J connectivity index is 2.75. The van der Waals surface area contributed by atoms with Gasteiger partial charge in [-0.05, 0) is 12.8 Å². The van der Waals surface area contributed by atoms with E-state index in [0.717, 1.165) is 0 Å². The molecule has 1 aliphatic heterocycles. The van der Waals surface area contributed by atoms with E-state index in [2.05, 4.69) is 9.98 Å². The number of hydrogen-bond donors (Lipinski definition) is 0. The monoisotopic (exact) mass is 393 g/mol. The number of hydrogen-bond acceptors (Lipinski definition) is 3. The Morgan fingerprint density at radius 1 is 0.889 bits per heavy atom. The maximum absolute atomic E-state index is 13.6. The topological polar surface area (TPSA) is 28.0 Å². The summed E-state index contributed by atoms with van der Waals surface area (Å²) in [5, 5.41) is 0. The van der Waals surface area contributed by atoms with Crippen LogP contribution >= 0.6 is 0 Å². The third-order valence-electron chi connectivity index (χ3n) is 4.15. The summed E-state index contributed by atoms with van der Waals surface area (Å²) in [7, 11) is 0. The van der Waals surface area contributed by atoms with Gasteiger partial charge in [0.1, 0.15) is 11.7 Å². The average Bonchev–Trinajstić information content (AvgIpc) is 2.59. The van der Waals surface area contributed by atoms with Crippen molar-refractivity contribution in [1.29, 1.82) is 0 Å². The molecule has 0 aromatic heterocycles. The van der Waals surface area contributed by atoms with Crippen LogP contribution in [0.2, 0.25) is 0 Å². The summed E-state index contributed by atoms with van der Waals surface area (Å²) in [5.41, 5.74) is -4.30. The second-order valence-corrected chi connectivity index (χ2v) is 6.25. The molecule has 1 aliphatic rings. The lowest BCUT2D eigenvalue weighted by molar-refractivity contribution is -0.293. The molecular formula is C18H21F6N3. The lowest BCUT2D eigenvalue weighted by Crippen LogP contribution is -2.59. The minimum Gasteiger partial charge on any atom is -0.314 e. The van der Waals surface area contributed by atoms with Crippen LogP contribution in [-0.2, 0) is 0 Å². The fourth-order valence-electron chi connectivity index (χ4n) is 2.81. The van der Waals surface area contributed by atoms with Crippen molar-refractivity contribution in [3.63, 3.8) is 0 Å².